The van der Waals surface area contributed by atoms with Crippen LogP contribution in [0.1, 0.15) is 11.1 Å². The highest BCUT2D eigenvalue weighted by Crippen LogP contribution is 2.31. The summed E-state index contributed by atoms with van der Waals surface area (Å²) in [6.07, 6.45) is 5.65. The van der Waals surface area contributed by atoms with Crippen LogP contribution in [0, 0.1) is 0 Å². The molecule has 5 nitrogen and oxygen atoms in total. The Morgan fingerprint density at radius 1 is 1.00 bits per heavy atom. The van der Waals surface area contributed by atoms with Crippen LogP contribution < -0.4 is 10.2 Å². The summed E-state index contributed by atoms with van der Waals surface area (Å²) < 4.78 is 1.94. The Morgan fingerprint density at radius 3 is 2.83 bits per heavy atom. The first kappa shape index (κ1) is 13.8. The Hall–Kier alpha value is -2.82. The molecule has 0 aliphatic carbocycles. The highest BCUT2D eigenvalue weighted by Gasteiger charge is 2.22. The minimum Gasteiger partial charge on any atom is -0.383 e. The molecule has 0 saturated carbocycles. The standard InChI is InChI=1S/C18H19N5/c1-2-8-20-18(7-1)22-13-15-5-3-6-17(16(15)14-22)19-10-12-23-11-4-9-21-23/h1-9,11,19H,10,12-14H2. The summed E-state index contributed by atoms with van der Waals surface area (Å²) in [7, 11) is 0. The van der Waals surface area contributed by atoms with Gasteiger partial charge >= 0.3 is 0 Å². The summed E-state index contributed by atoms with van der Waals surface area (Å²) in [6.45, 7) is 3.54. The van der Waals surface area contributed by atoms with E-state index in [2.05, 4.69) is 44.6 Å². The fourth-order valence-electron chi connectivity index (χ4n) is 3.03. The molecular formula is C18H19N5. The van der Waals surface area contributed by atoms with E-state index in [4.69, 9.17) is 0 Å². The summed E-state index contributed by atoms with van der Waals surface area (Å²) >= 11 is 0. The number of hydrogen-bond donors (Lipinski definition) is 1. The third-order valence-corrected chi connectivity index (χ3v) is 4.17. The smallest absolute Gasteiger partial charge is 0.129 e. The van der Waals surface area contributed by atoms with Gasteiger partial charge in [-0.15, -0.1) is 0 Å². The monoisotopic (exact) mass is 305 g/mol. The van der Waals surface area contributed by atoms with Gasteiger partial charge in [0, 0.05) is 43.9 Å². The molecule has 116 valence electrons. The van der Waals surface area contributed by atoms with Crippen molar-refractivity contribution in [1.82, 2.24) is 14.8 Å². The van der Waals surface area contributed by atoms with Crippen molar-refractivity contribution >= 4 is 11.5 Å². The molecule has 2 aromatic heterocycles. The van der Waals surface area contributed by atoms with Gasteiger partial charge in [0.05, 0.1) is 6.54 Å². The average molecular weight is 305 g/mol. The number of nitrogens with one attached hydrogen (secondary N) is 1. The van der Waals surface area contributed by atoms with Gasteiger partial charge in [0.1, 0.15) is 5.82 Å². The van der Waals surface area contributed by atoms with Crippen LogP contribution in [0.15, 0.2) is 61.1 Å². The van der Waals surface area contributed by atoms with Crippen molar-refractivity contribution in [2.24, 2.45) is 0 Å². The molecule has 0 unspecified atom stereocenters. The lowest BCUT2D eigenvalue weighted by Crippen LogP contribution is -2.16. The van der Waals surface area contributed by atoms with Crippen molar-refractivity contribution in [3.8, 4) is 0 Å². The van der Waals surface area contributed by atoms with Crippen LogP contribution in [0.5, 0.6) is 0 Å². The molecule has 23 heavy (non-hydrogen) atoms. The van der Waals surface area contributed by atoms with Crippen molar-refractivity contribution in [2.45, 2.75) is 19.6 Å². The number of aromatic nitrogens is 3. The van der Waals surface area contributed by atoms with Crippen LogP contribution in [-0.4, -0.2) is 21.3 Å². The third kappa shape index (κ3) is 2.90. The molecule has 0 amide bonds. The van der Waals surface area contributed by atoms with E-state index in [9.17, 15) is 0 Å². The molecule has 4 rings (SSSR count). The fraction of sp³-hybridized carbons (Fsp3) is 0.222. The van der Waals surface area contributed by atoms with Crippen LogP contribution in [-0.2, 0) is 19.6 Å². The number of pyridine rings is 1. The Bertz CT molecular complexity index is 767. The van der Waals surface area contributed by atoms with Gasteiger partial charge in [-0.1, -0.05) is 18.2 Å². The van der Waals surface area contributed by atoms with Crippen LogP contribution in [0.3, 0.4) is 0 Å². The molecule has 3 heterocycles. The van der Waals surface area contributed by atoms with Crippen LogP contribution in [0.2, 0.25) is 0 Å². The second-order valence-electron chi connectivity index (χ2n) is 5.68. The van der Waals surface area contributed by atoms with Gasteiger partial charge in [0.15, 0.2) is 0 Å². The van der Waals surface area contributed by atoms with Crippen molar-refractivity contribution in [3.63, 3.8) is 0 Å². The summed E-state index contributed by atoms with van der Waals surface area (Å²) in [6, 6.07) is 14.5. The molecule has 0 bridgehead atoms. The molecule has 5 heteroatoms. The number of hydrogen-bond acceptors (Lipinski definition) is 4. The first-order valence-electron chi connectivity index (χ1n) is 7.88. The summed E-state index contributed by atoms with van der Waals surface area (Å²) in [5, 5.41) is 7.78. The van der Waals surface area contributed by atoms with E-state index >= 15 is 0 Å². The Morgan fingerprint density at radius 2 is 2.00 bits per heavy atom. The lowest BCUT2D eigenvalue weighted by atomic mass is 10.1. The van der Waals surface area contributed by atoms with Crippen molar-refractivity contribution in [1.29, 1.82) is 0 Å². The molecule has 0 saturated heterocycles. The average Bonchev–Trinajstić information content (AvgIpc) is 3.25. The van der Waals surface area contributed by atoms with Gasteiger partial charge < -0.3 is 10.2 Å². The van der Waals surface area contributed by atoms with E-state index in [0.717, 1.165) is 32.0 Å². The van der Waals surface area contributed by atoms with Gasteiger partial charge in [-0.05, 0) is 35.4 Å². The molecule has 1 aromatic carbocycles. The van der Waals surface area contributed by atoms with E-state index < -0.39 is 0 Å². The van der Waals surface area contributed by atoms with E-state index in [1.807, 2.05) is 41.5 Å². The number of nitrogens with zero attached hydrogens (tertiary/aromatic N) is 4. The summed E-state index contributed by atoms with van der Waals surface area (Å²) in [5.41, 5.74) is 3.96. The van der Waals surface area contributed by atoms with Crippen LogP contribution >= 0.6 is 0 Å². The molecule has 1 aliphatic rings. The summed E-state index contributed by atoms with van der Waals surface area (Å²) in [5.74, 6) is 1.03. The first-order valence-corrected chi connectivity index (χ1v) is 7.88. The van der Waals surface area contributed by atoms with Gasteiger partial charge in [-0.25, -0.2) is 4.98 Å². The molecular weight excluding hydrogens is 286 g/mol. The highest BCUT2D eigenvalue weighted by molar-refractivity contribution is 5.60. The number of benzene rings is 1. The van der Waals surface area contributed by atoms with E-state index in [-0.39, 0.29) is 0 Å². The second-order valence-corrected chi connectivity index (χ2v) is 5.68. The minimum atomic E-state index is 0.862. The lowest BCUT2D eigenvalue weighted by molar-refractivity contribution is 0.637. The topological polar surface area (TPSA) is 46.0 Å². The largest absolute Gasteiger partial charge is 0.383 e. The van der Waals surface area contributed by atoms with Crippen molar-refractivity contribution in [2.75, 3.05) is 16.8 Å². The Balaban J connectivity index is 1.46. The Labute approximate surface area is 135 Å². The van der Waals surface area contributed by atoms with Crippen molar-refractivity contribution < 1.29 is 0 Å². The molecule has 0 spiro atoms. The highest BCUT2D eigenvalue weighted by atomic mass is 15.3. The maximum absolute atomic E-state index is 4.46. The third-order valence-electron chi connectivity index (χ3n) is 4.17. The number of rotatable bonds is 5. The van der Waals surface area contributed by atoms with Gasteiger partial charge in [0.25, 0.3) is 0 Å². The molecule has 0 atom stereocenters. The van der Waals surface area contributed by atoms with Crippen LogP contribution in [0.4, 0.5) is 11.5 Å². The van der Waals surface area contributed by atoms with E-state index in [1.54, 1.807) is 0 Å². The maximum atomic E-state index is 4.46. The van der Waals surface area contributed by atoms with Crippen LogP contribution in [0.25, 0.3) is 0 Å². The van der Waals surface area contributed by atoms with Gasteiger partial charge in [0.2, 0.25) is 0 Å². The van der Waals surface area contributed by atoms with E-state index in [0.29, 0.717) is 0 Å². The quantitative estimate of drug-likeness (QED) is 0.787. The number of anilines is 2. The molecule has 0 fully saturated rings. The van der Waals surface area contributed by atoms with Crippen molar-refractivity contribution in [3.05, 3.63) is 72.2 Å². The molecule has 3 aromatic rings. The zero-order valence-electron chi connectivity index (χ0n) is 12.9. The van der Waals surface area contributed by atoms with Gasteiger partial charge in [-0.2, -0.15) is 5.10 Å². The van der Waals surface area contributed by atoms with Gasteiger partial charge in [-0.3, -0.25) is 4.68 Å². The molecule has 1 aliphatic heterocycles. The second kappa shape index (κ2) is 6.12. The zero-order valence-corrected chi connectivity index (χ0v) is 12.9. The zero-order chi connectivity index (χ0) is 15.5. The SMILES string of the molecule is c1ccc(N2Cc3cccc(NCCn4cccn4)c3C2)nc1. The minimum absolute atomic E-state index is 0.862. The maximum Gasteiger partial charge on any atom is 0.129 e. The fourth-order valence-corrected chi connectivity index (χ4v) is 3.03. The number of fused-ring (bicyclic) bond motifs is 1. The normalized spacial score (nSPS) is 13.1. The lowest BCUT2D eigenvalue weighted by Gasteiger charge is -2.16. The molecule has 1 N–H and O–H groups in total. The predicted octanol–water partition coefficient (Wildman–Crippen LogP) is 2.91. The predicted molar refractivity (Wildman–Crippen MR) is 91.3 cm³/mol. The first-order chi connectivity index (χ1) is 11.4. The Kier molecular flexibility index (Phi) is 3.68. The summed E-state index contributed by atoms with van der Waals surface area (Å²) in [4.78, 5) is 6.77. The molecule has 0 radical (unpaired) electrons. The van der Waals surface area contributed by atoms with E-state index in [1.165, 1.54) is 16.8 Å².